The molecule has 2 aromatic carbocycles. The van der Waals surface area contributed by atoms with Crippen LogP contribution in [0.2, 0.25) is 0 Å². The molecule has 0 bridgehead atoms. The van der Waals surface area contributed by atoms with Crippen LogP contribution in [0.4, 0.5) is 32.0 Å². The Morgan fingerprint density at radius 1 is 0.795 bits per heavy atom. The van der Waals surface area contributed by atoms with Crippen molar-refractivity contribution in [2.75, 3.05) is 5.32 Å². The Balaban J connectivity index is 1.93. The average molecular weight is 548 g/mol. The minimum absolute atomic E-state index is 0.129. The Bertz CT molecular complexity index is 1390. The molecule has 0 atom stereocenters. The van der Waals surface area contributed by atoms with Crippen LogP contribution in [-0.2, 0) is 25.8 Å². The number of carbonyl (C=O) groups is 1. The second kappa shape index (κ2) is 9.26. The third kappa shape index (κ3) is 5.08. The fourth-order valence-corrected chi connectivity index (χ4v) is 5.39. The molecule has 0 saturated carbocycles. The van der Waals surface area contributed by atoms with E-state index in [1.54, 1.807) is 12.1 Å². The maximum absolute atomic E-state index is 14.0. The molecular weight excluding hydrogens is 520 g/mol. The molecule has 2 aliphatic carbocycles. The van der Waals surface area contributed by atoms with Crippen molar-refractivity contribution < 1.29 is 35.9 Å². The van der Waals surface area contributed by atoms with Crippen LogP contribution in [0.3, 0.4) is 0 Å². The molecule has 206 valence electrons. The number of nitrogens with one attached hydrogen (secondary N) is 1. The molecule has 39 heavy (non-hydrogen) atoms. The van der Waals surface area contributed by atoms with Crippen molar-refractivity contribution in [3.8, 4) is 0 Å². The third-order valence-electron chi connectivity index (χ3n) is 7.73. The first kappa shape index (κ1) is 28.4. The summed E-state index contributed by atoms with van der Waals surface area (Å²) in [5, 5.41) is 2.57. The summed E-state index contributed by atoms with van der Waals surface area (Å²) in [5.74, 6) is -0.325. The van der Waals surface area contributed by atoms with Crippen LogP contribution in [0.1, 0.15) is 57.2 Å². The summed E-state index contributed by atoms with van der Waals surface area (Å²) in [6, 6.07) is 12.0. The molecule has 9 heteroatoms. The minimum atomic E-state index is -5.36. The van der Waals surface area contributed by atoms with E-state index in [0.717, 1.165) is 29.9 Å². The Hall–Kier alpha value is -3.58. The van der Waals surface area contributed by atoms with Gasteiger partial charge in [0.1, 0.15) is 11.4 Å². The molecule has 0 heterocycles. The maximum Gasteiger partial charge on any atom is 0.417 e. The number of carbonyl (C=O) groups excluding carboxylic acids is 2. The quantitative estimate of drug-likeness (QED) is 0.317. The van der Waals surface area contributed by atoms with Gasteiger partial charge in [-0.2, -0.15) is 26.3 Å². The lowest BCUT2D eigenvalue weighted by Gasteiger charge is -2.42. The highest BCUT2D eigenvalue weighted by Gasteiger charge is 2.53. The van der Waals surface area contributed by atoms with E-state index in [4.69, 9.17) is 0 Å². The number of benzene rings is 2. The first-order valence-electron chi connectivity index (χ1n) is 12.3. The summed E-state index contributed by atoms with van der Waals surface area (Å²) in [6.45, 7) is 8.28. The number of hydrogen-bond acceptors (Lipinski definition) is 2. The van der Waals surface area contributed by atoms with E-state index in [1.165, 1.54) is 30.3 Å². The van der Waals surface area contributed by atoms with Crippen LogP contribution < -0.4 is 5.32 Å². The second-order valence-corrected chi connectivity index (χ2v) is 11.3. The molecule has 0 aliphatic heterocycles. The minimum Gasteiger partial charge on any atom is -0.325 e. The van der Waals surface area contributed by atoms with Crippen LogP contribution in [0.15, 0.2) is 77.4 Å². The van der Waals surface area contributed by atoms with Gasteiger partial charge in [0, 0.05) is 5.69 Å². The lowest BCUT2D eigenvalue weighted by Crippen LogP contribution is -2.42. The number of anilines is 1. The summed E-state index contributed by atoms with van der Waals surface area (Å²) < 4.78 is 84.3. The third-order valence-corrected chi connectivity index (χ3v) is 7.73. The number of alkyl halides is 6. The second-order valence-electron chi connectivity index (χ2n) is 11.3. The van der Waals surface area contributed by atoms with E-state index in [-0.39, 0.29) is 22.1 Å². The summed E-state index contributed by atoms with van der Waals surface area (Å²) in [5.41, 5.74) is -6.26. The van der Waals surface area contributed by atoms with Gasteiger partial charge in [-0.25, -0.2) is 4.79 Å². The number of amides is 1. The van der Waals surface area contributed by atoms with Gasteiger partial charge in [-0.05, 0) is 64.6 Å². The Morgan fingerprint density at radius 3 is 1.79 bits per heavy atom. The lowest BCUT2D eigenvalue weighted by molar-refractivity contribution is -0.119. The molecule has 1 N–H and O–H groups in total. The zero-order valence-corrected chi connectivity index (χ0v) is 21.8. The molecule has 0 saturated heterocycles. The Morgan fingerprint density at radius 2 is 1.31 bits per heavy atom. The molecule has 3 nitrogen and oxygen atoms in total. The van der Waals surface area contributed by atoms with Crippen molar-refractivity contribution in [1.29, 1.82) is 0 Å². The Kier molecular flexibility index (Phi) is 6.75. The molecule has 0 radical (unpaired) electrons. The van der Waals surface area contributed by atoms with Crippen molar-refractivity contribution in [3.63, 3.8) is 0 Å². The van der Waals surface area contributed by atoms with Gasteiger partial charge < -0.3 is 5.32 Å². The molecule has 4 rings (SSSR count). The van der Waals surface area contributed by atoms with E-state index in [1.807, 2.05) is 19.9 Å². The van der Waals surface area contributed by atoms with Crippen LogP contribution >= 0.6 is 0 Å². The molecule has 0 spiro atoms. The van der Waals surface area contributed by atoms with Crippen LogP contribution in [-0.4, -0.2) is 24.2 Å². The zero-order valence-electron chi connectivity index (χ0n) is 21.8. The number of rotatable bonds is 3. The first-order valence-corrected chi connectivity index (χ1v) is 12.3. The summed E-state index contributed by atoms with van der Waals surface area (Å²) in [6.07, 6.45) is -8.19. The summed E-state index contributed by atoms with van der Waals surface area (Å²) >= 11 is 0. The fraction of sp³-hybridized carbons (Fsp3) is 0.367. The predicted octanol–water partition coefficient (Wildman–Crippen LogP) is 7.66. The summed E-state index contributed by atoms with van der Waals surface area (Å²) in [4.78, 5) is 25.2. The van der Waals surface area contributed by atoms with Crippen LogP contribution in [0.5, 0.6) is 0 Å². The normalized spacial score (nSPS) is 22.3. The maximum atomic E-state index is 14.0. The van der Waals surface area contributed by atoms with Crippen molar-refractivity contribution >= 4 is 17.5 Å². The van der Waals surface area contributed by atoms with Crippen LogP contribution in [0, 0.1) is 0 Å². The Labute approximate surface area is 222 Å². The van der Waals surface area contributed by atoms with Crippen molar-refractivity contribution in [2.24, 2.45) is 0 Å². The van der Waals surface area contributed by atoms with Crippen molar-refractivity contribution in [1.82, 2.24) is 0 Å². The SMILES string of the molecule is CC1(C)CCC(C)(C)c2cc(NC(=O)C3(c4ccccc4)C=C(C(F)(F)F)C(=C=O)C(C(F)(F)F)=C3)ccc21. The standard InChI is InChI=1S/C30H27F6NO2/c1-26(2)12-13-27(3,4)22-14-19(10-11-21(22)26)37-25(39)28(18-8-6-5-7-9-18)15-23(29(31,32)33)20(17-38)24(16-28)30(34,35)36/h5-11,14-16H,12-13H2,1-4H3,(H,37,39). The molecule has 0 unspecified atom stereocenters. The van der Waals surface area contributed by atoms with Gasteiger partial charge in [0.25, 0.3) is 0 Å². The van der Waals surface area contributed by atoms with Gasteiger partial charge in [-0.3, -0.25) is 4.79 Å². The van der Waals surface area contributed by atoms with Gasteiger partial charge >= 0.3 is 12.4 Å². The largest absolute Gasteiger partial charge is 0.417 e. The molecule has 0 fully saturated rings. The van der Waals surface area contributed by atoms with E-state index < -0.39 is 40.4 Å². The molecule has 0 aromatic heterocycles. The number of fused-ring (bicyclic) bond motifs is 1. The number of halogens is 6. The van der Waals surface area contributed by atoms with Crippen molar-refractivity contribution in [2.45, 2.75) is 69.1 Å². The molecule has 2 aromatic rings. The summed E-state index contributed by atoms with van der Waals surface area (Å²) in [7, 11) is 0. The highest BCUT2D eigenvalue weighted by Crippen LogP contribution is 2.49. The van der Waals surface area contributed by atoms with Gasteiger partial charge in [0.05, 0.1) is 16.7 Å². The lowest BCUT2D eigenvalue weighted by atomic mass is 9.63. The van der Waals surface area contributed by atoms with E-state index in [9.17, 15) is 35.9 Å². The van der Waals surface area contributed by atoms with Gasteiger partial charge in [-0.1, -0.05) is 64.1 Å². The molecule has 1 amide bonds. The van der Waals surface area contributed by atoms with Gasteiger partial charge in [0.15, 0.2) is 0 Å². The monoisotopic (exact) mass is 547 g/mol. The number of hydrogen-bond donors (Lipinski definition) is 1. The zero-order chi connectivity index (χ0) is 29.0. The van der Waals surface area contributed by atoms with E-state index in [2.05, 4.69) is 19.2 Å². The topological polar surface area (TPSA) is 46.2 Å². The molecule has 2 aliphatic rings. The van der Waals surface area contributed by atoms with Gasteiger partial charge in [0.2, 0.25) is 5.91 Å². The van der Waals surface area contributed by atoms with Crippen molar-refractivity contribution in [3.05, 3.63) is 94.1 Å². The highest BCUT2D eigenvalue weighted by atomic mass is 19.4. The number of allylic oxidation sites excluding steroid dienone is 3. The highest BCUT2D eigenvalue weighted by molar-refractivity contribution is 6.04. The predicted molar refractivity (Wildman–Crippen MR) is 136 cm³/mol. The van der Waals surface area contributed by atoms with Gasteiger partial charge in [-0.15, -0.1) is 0 Å². The fourth-order valence-electron chi connectivity index (χ4n) is 5.39. The average Bonchev–Trinajstić information content (AvgIpc) is 2.85. The van der Waals surface area contributed by atoms with E-state index in [0.29, 0.717) is 12.2 Å². The van der Waals surface area contributed by atoms with Crippen LogP contribution in [0.25, 0.3) is 0 Å². The van der Waals surface area contributed by atoms with E-state index >= 15 is 0 Å². The smallest absolute Gasteiger partial charge is 0.325 e. The molecular formula is C30H27F6NO2. The first-order chi connectivity index (χ1) is 17.9.